The van der Waals surface area contributed by atoms with Crippen LogP contribution >= 0.6 is 0 Å². The number of halogens is 1. The van der Waals surface area contributed by atoms with Gasteiger partial charge >= 0.3 is 0 Å². The topological polar surface area (TPSA) is 55.0 Å². The molecule has 0 amide bonds. The van der Waals surface area contributed by atoms with Gasteiger partial charge in [0.25, 0.3) is 5.56 Å². The molecule has 36 heavy (non-hydrogen) atoms. The summed E-state index contributed by atoms with van der Waals surface area (Å²) in [7, 11) is 7.40. The van der Waals surface area contributed by atoms with Gasteiger partial charge in [-0.05, 0) is 50.2 Å². The van der Waals surface area contributed by atoms with Gasteiger partial charge in [-0.1, -0.05) is 37.1 Å². The van der Waals surface area contributed by atoms with Crippen LogP contribution < -0.4 is 15.2 Å². The Morgan fingerprint density at radius 2 is 1.86 bits per heavy atom. The minimum absolute atomic E-state index is 0.0673. The summed E-state index contributed by atoms with van der Waals surface area (Å²) in [6.07, 6.45) is 4.70. The second kappa shape index (κ2) is 10.9. The van der Waals surface area contributed by atoms with Crippen LogP contribution in [0.4, 0.5) is 16.0 Å². The van der Waals surface area contributed by atoms with Crippen LogP contribution in [0.25, 0.3) is 27.2 Å². The average molecular weight is 490 g/mol. The van der Waals surface area contributed by atoms with Crippen LogP contribution in [0.15, 0.2) is 47.3 Å². The molecule has 1 fully saturated rings. The van der Waals surface area contributed by atoms with Crippen molar-refractivity contribution in [3.63, 3.8) is 0 Å². The predicted octanol–water partition coefficient (Wildman–Crippen LogP) is 5.12. The van der Waals surface area contributed by atoms with Crippen molar-refractivity contribution >= 4 is 11.6 Å². The largest absolute Gasteiger partial charge is 0.497 e. The van der Waals surface area contributed by atoms with Crippen molar-refractivity contribution in [3.8, 4) is 28.1 Å². The first kappa shape index (κ1) is 25.4. The highest BCUT2D eigenvalue weighted by molar-refractivity contribution is 5.82. The number of nitrogens with zero attached hydrogens (tertiary/aromatic N) is 5. The molecule has 1 aromatic heterocycles. The lowest BCUT2D eigenvalue weighted by Crippen LogP contribution is -2.42. The van der Waals surface area contributed by atoms with Crippen LogP contribution in [-0.4, -0.2) is 54.8 Å². The van der Waals surface area contributed by atoms with Gasteiger partial charge in [-0.2, -0.15) is 0 Å². The minimum atomic E-state index is -0.638. The number of aromatic nitrogens is 2. The number of likely N-dealkylation sites (N-methyl/N-ethyl adjacent to an activating group) is 2. The van der Waals surface area contributed by atoms with E-state index in [1.54, 1.807) is 49.1 Å². The molecule has 0 spiro atoms. The summed E-state index contributed by atoms with van der Waals surface area (Å²) < 4.78 is 21.5. The molecule has 1 atom stereocenters. The molecule has 1 unspecified atom stereocenters. The van der Waals surface area contributed by atoms with E-state index in [1.807, 2.05) is 11.9 Å². The van der Waals surface area contributed by atoms with Gasteiger partial charge in [-0.15, -0.1) is 0 Å². The lowest BCUT2D eigenvalue weighted by Gasteiger charge is -2.31. The summed E-state index contributed by atoms with van der Waals surface area (Å²) in [5, 5.41) is 0. The molecule has 7 nitrogen and oxygen atoms in total. The van der Waals surface area contributed by atoms with E-state index in [4.69, 9.17) is 16.3 Å². The normalized spacial score (nSPS) is 16.3. The molecule has 0 saturated carbocycles. The summed E-state index contributed by atoms with van der Waals surface area (Å²) in [6.45, 7) is 8.96. The Hall–Kier alpha value is -3.70. The van der Waals surface area contributed by atoms with E-state index in [9.17, 15) is 9.18 Å². The summed E-state index contributed by atoms with van der Waals surface area (Å²) in [5.41, 5.74) is 1.57. The molecule has 1 saturated heterocycles. The van der Waals surface area contributed by atoms with E-state index in [2.05, 4.69) is 16.8 Å². The van der Waals surface area contributed by atoms with Gasteiger partial charge in [-0.3, -0.25) is 9.36 Å². The number of likely N-dealkylation sites (tertiary alicyclic amines) is 1. The Kier molecular flexibility index (Phi) is 7.70. The average Bonchev–Trinajstić information content (AvgIpc) is 3.09. The maximum atomic E-state index is 14.6. The van der Waals surface area contributed by atoms with Crippen molar-refractivity contribution in [2.24, 2.45) is 7.05 Å². The molecule has 4 rings (SSSR count). The Morgan fingerprint density at radius 1 is 1.14 bits per heavy atom. The second-order valence-electron chi connectivity index (χ2n) is 9.37. The molecule has 2 aromatic carbocycles. The third kappa shape index (κ3) is 5.12. The highest BCUT2D eigenvalue weighted by Gasteiger charge is 2.24. The molecule has 188 valence electrons. The van der Waals surface area contributed by atoms with E-state index in [0.29, 0.717) is 40.1 Å². The van der Waals surface area contributed by atoms with Crippen molar-refractivity contribution in [1.29, 1.82) is 0 Å². The van der Waals surface area contributed by atoms with E-state index >= 15 is 0 Å². The number of hydrogen-bond acceptors (Lipinski definition) is 5. The summed E-state index contributed by atoms with van der Waals surface area (Å²) in [6, 6.07) is 11.9. The zero-order valence-corrected chi connectivity index (χ0v) is 21.3. The maximum absolute atomic E-state index is 14.6. The monoisotopic (exact) mass is 489 g/mol. The summed E-state index contributed by atoms with van der Waals surface area (Å²) in [5.74, 6) is 0.543. The number of ether oxygens (including phenoxy) is 1. The standard InChI is InChI=1S/C28H32FN5O2/c1-30-24-15-12-20(17-23(24)29)26-25(19-10-13-22(36-5)14-11-19)27(35)34(4)28(31-26)33(3)18-21-9-7-6-8-16-32(21)2/h10-15,17,21H,6-9,16,18H2,2-5H3. The molecule has 0 radical (unpaired) electrons. The van der Waals surface area contributed by atoms with Crippen molar-refractivity contribution in [1.82, 2.24) is 14.5 Å². The molecule has 1 aliphatic heterocycles. The Labute approximate surface area is 211 Å². The highest BCUT2D eigenvalue weighted by Crippen LogP contribution is 2.33. The molecule has 8 heteroatoms. The maximum Gasteiger partial charge on any atom is 0.263 e. The Balaban J connectivity index is 1.85. The van der Waals surface area contributed by atoms with E-state index in [-0.39, 0.29) is 11.2 Å². The molecule has 1 aliphatic rings. The molecular weight excluding hydrogens is 457 g/mol. The van der Waals surface area contributed by atoms with Crippen LogP contribution in [0.3, 0.4) is 0 Å². The molecule has 0 bridgehead atoms. The Bertz CT molecular complexity index is 1330. The first-order chi connectivity index (χ1) is 17.3. The lowest BCUT2D eigenvalue weighted by molar-refractivity contribution is 0.249. The molecule has 0 N–H and O–H groups in total. The van der Waals surface area contributed by atoms with Crippen molar-refractivity contribution < 1.29 is 9.13 Å². The van der Waals surface area contributed by atoms with Crippen molar-refractivity contribution in [2.75, 3.05) is 39.2 Å². The number of rotatable bonds is 6. The van der Waals surface area contributed by atoms with E-state index in [1.165, 1.54) is 31.4 Å². The van der Waals surface area contributed by atoms with Gasteiger partial charge in [-0.25, -0.2) is 14.2 Å². The van der Waals surface area contributed by atoms with Gasteiger partial charge in [0, 0.05) is 32.2 Å². The highest BCUT2D eigenvalue weighted by atomic mass is 19.1. The predicted molar refractivity (Wildman–Crippen MR) is 141 cm³/mol. The smallest absolute Gasteiger partial charge is 0.263 e. The number of hydrogen-bond donors (Lipinski definition) is 0. The van der Waals surface area contributed by atoms with Crippen LogP contribution in [0.5, 0.6) is 5.75 Å². The number of benzene rings is 2. The zero-order chi connectivity index (χ0) is 25.8. The first-order valence-corrected chi connectivity index (χ1v) is 12.2. The quantitative estimate of drug-likeness (QED) is 0.450. The van der Waals surface area contributed by atoms with Gasteiger partial charge in [0.15, 0.2) is 0 Å². The molecule has 3 aromatic rings. The fourth-order valence-corrected chi connectivity index (χ4v) is 4.85. The lowest BCUT2D eigenvalue weighted by atomic mass is 10.00. The van der Waals surface area contributed by atoms with Gasteiger partial charge in [0.05, 0.1) is 24.9 Å². The number of methoxy groups -OCH3 is 1. The van der Waals surface area contributed by atoms with Crippen LogP contribution in [0.1, 0.15) is 25.7 Å². The third-order valence-corrected chi connectivity index (χ3v) is 6.98. The summed E-state index contributed by atoms with van der Waals surface area (Å²) in [4.78, 5) is 26.3. The van der Waals surface area contributed by atoms with Crippen LogP contribution in [0, 0.1) is 12.4 Å². The zero-order valence-electron chi connectivity index (χ0n) is 21.3. The van der Waals surface area contributed by atoms with E-state index < -0.39 is 5.82 Å². The minimum Gasteiger partial charge on any atom is -0.497 e. The third-order valence-electron chi connectivity index (χ3n) is 6.98. The van der Waals surface area contributed by atoms with Crippen LogP contribution in [0.2, 0.25) is 0 Å². The fourth-order valence-electron chi connectivity index (χ4n) is 4.85. The molecule has 2 heterocycles. The van der Waals surface area contributed by atoms with Crippen molar-refractivity contribution in [3.05, 3.63) is 70.1 Å². The van der Waals surface area contributed by atoms with Gasteiger partial charge in [0.2, 0.25) is 11.6 Å². The number of anilines is 1. The van der Waals surface area contributed by atoms with Crippen molar-refractivity contribution in [2.45, 2.75) is 31.7 Å². The molecule has 0 aliphatic carbocycles. The Morgan fingerprint density at radius 3 is 2.53 bits per heavy atom. The SMILES string of the molecule is [C-]#[N+]c1ccc(-c2nc(N(C)CC3CCCCCN3C)n(C)c(=O)c2-c2ccc(OC)cc2)cc1F. The first-order valence-electron chi connectivity index (χ1n) is 12.2. The van der Waals surface area contributed by atoms with E-state index in [0.717, 1.165) is 19.5 Å². The fraction of sp³-hybridized carbons (Fsp3) is 0.393. The van der Waals surface area contributed by atoms with Gasteiger partial charge < -0.3 is 14.5 Å². The van der Waals surface area contributed by atoms with Crippen LogP contribution in [-0.2, 0) is 7.05 Å². The second-order valence-corrected chi connectivity index (χ2v) is 9.37. The van der Waals surface area contributed by atoms with Gasteiger partial charge in [0.1, 0.15) is 11.6 Å². The summed E-state index contributed by atoms with van der Waals surface area (Å²) >= 11 is 0. The molecular formula is C28H32FN5O2.